The summed E-state index contributed by atoms with van der Waals surface area (Å²) in [5.41, 5.74) is 1.27. The summed E-state index contributed by atoms with van der Waals surface area (Å²) in [5, 5.41) is 2.83. The smallest absolute Gasteiger partial charge is 0.275 e. The van der Waals surface area contributed by atoms with Crippen LogP contribution in [0.3, 0.4) is 0 Å². The number of amides is 2. The van der Waals surface area contributed by atoms with Crippen LogP contribution in [0.15, 0.2) is 53.5 Å². The van der Waals surface area contributed by atoms with Crippen molar-refractivity contribution in [2.45, 2.75) is 44.3 Å². The number of nitrogens with zero attached hydrogens (tertiary/aromatic N) is 2. The van der Waals surface area contributed by atoms with Crippen LogP contribution in [0.2, 0.25) is 0 Å². The second-order valence-corrected chi connectivity index (χ2v) is 8.03. The summed E-state index contributed by atoms with van der Waals surface area (Å²) in [6.45, 7) is 0.226. The summed E-state index contributed by atoms with van der Waals surface area (Å²) in [6.07, 6.45) is 4.56. The van der Waals surface area contributed by atoms with E-state index in [9.17, 15) is 14.0 Å². The van der Waals surface area contributed by atoms with Gasteiger partial charge in [0.05, 0.1) is 7.11 Å². The van der Waals surface area contributed by atoms with Gasteiger partial charge in [0.25, 0.3) is 5.91 Å². The molecule has 1 heterocycles. The molecule has 0 bridgehead atoms. The minimum absolute atomic E-state index is 0.0524. The summed E-state index contributed by atoms with van der Waals surface area (Å²) in [6, 6.07) is 13.2. The van der Waals surface area contributed by atoms with E-state index in [1.807, 2.05) is 12.1 Å². The molecule has 2 aromatic carbocycles. The van der Waals surface area contributed by atoms with Crippen LogP contribution in [0, 0.1) is 5.82 Å². The average molecular weight is 423 g/mol. The first kappa shape index (κ1) is 21.0. The second-order valence-electron chi connectivity index (χ2n) is 8.03. The van der Waals surface area contributed by atoms with E-state index in [1.165, 1.54) is 12.1 Å². The maximum absolute atomic E-state index is 13.3. The van der Waals surface area contributed by atoms with E-state index in [4.69, 9.17) is 9.73 Å². The Balaban J connectivity index is 1.50. The summed E-state index contributed by atoms with van der Waals surface area (Å²) in [7, 11) is 1.59. The lowest BCUT2D eigenvalue weighted by Crippen LogP contribution is -2.52. The van der Waals surface area contributed by atoms with Crippen molar-refractivity contribution in [3.63, 3.8) is 0 Å². The quantitative estimate of drug-likeness (QED) is 0.774. The van der Waals surface area contributed by atoms with Crippen molar-refractivity contribution in [2.24, 2.45) is 4.99 Å². The normalized spacial score (nSPS) is 17.5. The summed E-state index contributed by atoms with van der Waals surface area (Å²) in [5.74, 6) is -0.0859. The number of ether oxygens (including phenoxy) is 1. The van der Waals surface area contributed by atoms with E-state index >= 15 is 0 Å². The van der Waals surface area contributed by atoms with Gasteiger partial charge >= 0.3 is 0 Å². The fraction of sp³-hybridized carbons (Fsp3) is 0.375. The number of halogens is 1. The van der Waals surface area contributed by atoms with Gasteiger partial charge in [-0.3, -0.25) is 14.6 Å². The molecule has 0 saturated heterocycles. The maximum atomic E-state index is 13.3. The first-order chi connectivity index (χ1) is 15.0. The van der Waals surface area contributed by atoms with Gasteiger partial charge in [0.1, 0.15) is 29.5 Å². The number of carbonyl (C=O) groups is 2. The van der Waals surface area contributed by atoms with Crippen LogP contribution in [0.5, 0.6) is 5.75 Å². The van der Waals surface area contributed by atoms with Crippen molar-refractivity contribution >= 4 is 17.5 Å². The zero-order chi connectivity index (χ0) is 21.8. The number of aliphatic imine (C=N–C) groups is 1. The van der Waals surface area contributed by atoms with Crippen LogP contribution in [0.4, 0.5) is 4.39 Å². The Morgan fingerprint density at radius 2 is 1.77 bits per heavy atom. The van der Waals surface area contributed by atoms with Crippen molar-refractivity contribution < 1.29 is 18.7 Å². The van der Waals surface area contributed by atoms with Crippen LogP contribution >= 0.6 is 0 Å². The number of hydrogen-bond acceptors (Lipinski definition) is 4. The molecule has 0 aromatic heterocycles. The molecule has 1 N–H and O–H groups in total. The van der Waals surface area contributed by atoms with E-state index < -0.39 is 5.66 Å². The van der Waals surface area contributed by atoms with Gasteiger partial charge in [-0.05, 0) is 67.6 Å². The maximum Gasteiger partial charge on any atom is 0.275 e. The Morgan fingerprint density at radius 1 is 1.10 bits per heavy atom. The van der Waals surface area contributed by atoms with Crippen LogP contribution < -0.4 is 10.1 Å². The van der Waals surface area contributed by atoms with E-state index in [2.05, 4.69) is 5.32 Å². The molecule has 0 unspecified atom stereocenters. The molecule has 2 aliphatic rings. The number of methoxy groups -OCH3 is 1. The van der Waals surface area contributed by atoms with Gasteiger partial charge in [0.2, 0.25) is 5.91 Å². The van der Waals surface area contributed by atoms with Crippen molar-refractivity contribution in [1.29, 1.82) is 0 Å². The summed E-state index contributed by atoms with van der Waals surface area (Å²) >= 11 is 0. The first-order valence-corrected chi connectivity index (χ1v) is 10.6. The monoisotopic (exact) mass is 423 g/mol. The fourth-order valence-electron chi connectivity index (χ4n) is 4.29. The van der Waals surface area contributed by atoms with Gasteiger partial charge in [-0.2, -0.15) is 0 Å². The minimum Gasteiger partial charge on any atom is -0.497 e. The third-order valence-electron chi connectivity index (χ3n) is 5.99. The predicted octanol–water partition coefficient (Wildman–Crippen LogP) is 3.44. The van der Waals surface area contributed by atoms with Gasteiger partial charge in [0, 0.05) is 12.1 Å². The van der Waals surface area contributed by atoms with Gasteiger partial charge < -0.3 is 15.0 Å². The number of hydrogen-bond donors (Lipinski definition) is 1. The highest BCUT2D eigenvalue weighted by atomic mass is 19.1. The zero-order valence-corrected chi connectivity index (χ0v) is 17.6. The van der Waals surface area contributed by atoms with Gasteiger partial charge in [-0.15, -0.1) is 0 Å². The number of carbonyl (C=O) groups excluding carboxylic acids is 2. The Bertz CT molecular complexity index is 980. The Kier molecular flexibility index (Phi) is 6.02. The first-order valence-electron chi connectivity index (χ1n) is 10.6. The Labute approximate surface area is 181 Å². The molecule has 6 nitrogen and oxygen atoms in total. The van der Waals surface area contributed by atoms with Gasteiger partial charge in [-0.25, -0.2) is 4.39 Å². The molecule has 4 rings (SSSR count). The molecule has 2 aromatic rings. The molecule has 162 valence electrons. The third-order valence-corrected chi connectivity index (χ3v) is 5.99. The topological polar surface area (TPSA) is 71.0 Å². The molecule has 7 heteroatoms. The highest BCUT2D eigenvalue weighted by Crippen LogP contribution is 2.39. The van der Waals surface area contributed by atoms with E-state index in [-0.39, 0.29) is 30.7 Å². The van der Waals surface area contributed by atoms with Crippen molar-refractivity contribution in [1.82, 2.24) is 10.2 Å². The summed E-state index contributed by atoms with van der Waals surface area (Å²) < 4.78 is 18.3. The molecule has 1 fully saturated rings. The molecule has 31 heavy (non-hydrogen) atoms. The second kappa shape index (κ2) is 8.88. The minimum atomic E-state index is -0.655. The molecule has 1 spiro atoms. The van der Waals surface area contributed by atoms with Crippen LogP contribution in [0.1, 0.15) is 43.2 Å². The van der Waals surface area contributed by atoms with E-state index in [1.54, 1.807) is 36.3 Å². The lowest BCUT2D eigenvalue weighted by Gasteiger charge is -2.38. The van der Waals surface area contributed by atoms with Crippen molar-refractivity contribution in [3.05, 3.63) is 65.5 Å². The molecule has 1 saturated carbocycles. The zero-order valence-electron chi connectivity index (χ0n) is 17.6. The van der Waals surface area contributed by atoms with Crippen molar-refractivity contribution in [2.75, 3.05) is 13.7 Å². The number of nitrogens with one attached hydrogen (secondary N) is 1. The largest absolute Gasteiger partial charge is 0.497 e. The van der Waals surface area contributed by atoms with Gasteiger partial charge in [-0.1, -0.05) is 18.6 Å². The Hall–Kier alpha value is -3.22. The molecular weight excluding hydrogens is 397 g/mol. The van der Waals surface area contributed by atoms with Crippen LogP contribution in [0.25, 0.3) is 0 Å². The van der Waals surface area contributed by atoms with E-state index in [0.717, 1.165) is 43.2 Å². The molecular formula is C24H26FN3O3. The molecule has 1 aliphatic carbocycles. The third kappa shape index (κ3) is 4.45. The van der Waals surface area contributed by atoms with Crippen LogP contribution in [-0.4, -0.2) is 41.7 Å². The molecule has 0 radical (unpaired) electrons. The molecule has 1 aliphatic heterocycles. The highest BCUT2D eigenvalue weighted by molar-refractivity contribution is 6.47. The lowest BCUT2D eigenvalue weighted by atomic mass is 9.88. The number of rotatable bonds is 6. The molecule has 0 atom stereocenters. The standard InChI is InChI=1S/C24H26FN3O3/c1-31-20-11-7-18(8-12-20)22-23(30)28(24(27-22)13-3-2-4-14-24)16-21(29)26-15-17-5-9-19(25)10-6-17/h5-12H,2-4,13-16H2,1H3,(H,26,29). The predicted molar refractivity (Wildman–Crippen MR) is 115 cm³/mol. The highest BCUT2D eigenvalue weighted by Gasteiger charge is 2.48. The van der Waals surface area contributed by atoms with E-state index in [0.29, 0.717) is 11.5 Å². The fourth-order valence-corrected chi connectivity index (χ4v) is 4.29. The van der Waals surface area contributed by atoms with Crippen molar-refractivity contribution in [3.8, 4) is 5.75 Å². The van der Waals surface area contributed by atoms with Crippen LogP contribution in [-0.2, 0) is 16.1 Å². The Morgan fingerprint density at radius 3 is 2.42 bits per heavy atom. The van der Waals surface area contributed by atoms with Gasteiger partial charge in [0.15, 0.2) is 0 Å². The SMILES string of the molecule is COc1ccc(C2=NC3(CCCCC3)N(CC(=O)NCc3ccc(F)cc3)C2=O)cc1. The molecule has 2 amide bonds. The lowest BCUT2D eigenvalue weighted by molar-refractivity contribution is -0.136. The number of benzene rings is 2. The summed E-state index contributed by atoms with van der Waals surface area (Å²) in [4.78, 5) is 32.5. The average Bonchev–Trinajstić information content (AvgIpc) is 3.05.